The van der Waals surface area contributed by atoms with Crippen LogP contribution in [-0.4, -0.2) is 32.1 Å². The molecule has 2 heterocycles. The number of thioether (sulfide) groups is 1. The van der Waals surface area contributed by atoms with Gasteiger partial charge in [-0.1, -0.05) is 0 Å². The Kier molecular flexibility index (Phi) is 2.47. The van der Waals surface area contributed by atoms with Gasteiger partial charge in [-0.05, 0) is 6.07 Å². The summed E-state index contributed by atoms with van der Waals surface area (Å²) < 4.78 is 1.77. The minimum absolute atomic E-state index is 0.168. The first-order valence-corrected chi connectivity index (χ1v) is 4.92. The summed E-state index contributed by atoms with van der Waals surface area (Å²) >= 11 is 1.53. The van der Waals surface area contributed by atoms with Crippen LogP contribution in [0.15, 0.2) is 29.7 Å². The molecule has 4 nitrogen and oxygen atoms in total. The van der Waals surface area contributed by atoms with Gasteiger partial charge in [-0.3, -0.25) is 0 Å². The molecule has 2 aromatic rings. The van der Waals surface area contributed by atoms with Crippen LogP contribution in [0.25, 0.3) is 5.52 Å². The van der Waals surface area contributed by atoms with Crippen LogP contribution < -0.4 is 0 Å². The fraction of sp³-hybridized carbons (Fsp3) is 0.250. The summed E-state index contributed by atoms with van der Waals surface area (Å²) in [7, 11) is 0. The van der Waals surface area contributed by atoms with Gasteiger partial charge >= 0.3 is 0 Å². The van der Waals surface area contributed by atoms with Crippen LogP contribution in [0.4, 0.5) is 0 Å². The third kappa shape index (κ3) is 1.66. The lowest BCUT2D eigenvalue weighted by atomic mass is 10.5. The third-order valence-corrected chi connectivity index (χ3v) is 2.59. The van der Waals surface area contributed by atoms with Crippen LogP contribution in [0.3, 0.4) is 0 Å². The molecule has 2 rings (SSSR count). The maximum Gasteiger partial charge on any atom is 0.122 e. The zero-order chi connectivity index (χ0) is 9.10. The summed E-state index contributed by atoms with van der Waals surface area (Å²) in [4.78, 5) is 4.21. The Morgan fingerprint density at radius 2 is 2.38 bits per heavy atom. The molecule has 0 aliphatic carbocycles. The van der Waals surface area contributed by atoms with Crippen molar-refractivity contribution in [2.75, 3.05) is 12.4 Å². The summed E-state index contributed by atoms with van der Waals surface area (Å²) in [6, 6.07) is 1.91. The average Bonchev–Trinajstić information content (AvgIpc) is 2.62. The van der Waals surface area contributed by atoms with Gasteiger partial charge in [-0.2, -0.15) is 5.10 Å². The smallest absolute Gasteiger partial charge is 0.122 e. The normalized spacial score (nSPS) is 10.8. The Bertz CT molecular complexity index is 401. The second kappa shape index (κ2) is 3.76. The molecule has 0 radical (unpaired) electrons. The molecule has 0 aromatic carbocycles. The highest BCUT2D eigenvalue weighted by atomic mass is 32.2. The van der Waals surface area contributed by atoms with Crippen LogP contribution >= 0.6 is 11.8 Å². The maximum absolute atomic E-state index is 8.68. The van der Waals surface area contributed by atoms with Crippen molar-refractivity contribution in [1.29, 1.82) is 0 Å². The number of hydrogen-bond donors (Lipinski definition) is 1. The highest BCUT2D eigenvalue weighted by Crippen LogP contribution is 2.19. The monoisotopic (exact) mass is 195 g/mol. The van der Waals surface area contributed by atoms with Gasteiger partial charge in [0, 0.05) is 18.1 Å². The molecule has 0 atom stereocenters. The molecular formula is C8H9N3OS. The largest absolute Gasteiger partial charge is 0.396 e. The number of aromatic nitrogens is 3. The number of hydrogen-bond acceptors (Lipinski definition) is 4. The first-order valence-electron chi connectivity index (χ1n) is 3.94. The van der Waals surface area contributed by atoms with E-state index >= 15 is 0 Å². The molecule has 0 amide bonds. The van der Waals surface area contributed by atoms with Gasteiger partial charge in [0.15, 0.2) is 0 Å². The second-order valence-electron chi connectivity index (χ2n) is 2.47. The van der Waals surface area contributed by atoms with Crippen molar-refractivity contribution < 1.29 is 5.11 Å². The highest BCUT2D eigenvalue weighted by molar-refractivity contribution is 7.99. The summed E-state index contributed by atoms with van der Waals surface area (Å²) in [5, 5.41) is 13.7. The minimum Gasteiger partial charge on any atom is -0.396 e. The zero-order valence-corrected chi connectivity index (χ0v) is 7.74. The molecule has 13 heavy (non-hydrogen) atoms. The molecule has 0 saturated carbocycles. The Balaban J connectivity index is 2.37. The Morgan fingerprint density at radius 1 is 1.46 bits per heavy atom. The van der Waals surface area contributed by atoms with E-state index in [1.165, 1.54) is 11.8 Å². The lowest BCUT2D eigenvalue weighted by Crippen LogP contribution is -1.92. The number of nitrogens with zero attached hydrogens (tertiary/aromatic N) is 3. The molecule has 1 N–H and O–H groups in total. The number of aliphatic hydroxyl groups excluding tert-OH is 1. The van der Waals surface area contributed by atoms with Crippen molar-refractivity contribution in [2.24, 2.45) is 0 Å². The Morgan fingerprint density at radius 3 is 3.23 bits per heavy atom. The summed E-state index contributed by atoms with van der Waals surface area (Å²) in [6.45, 7) is 0.168. The van der Waals surface area contributed by atoms with E-state index in [0.29, 0.717) is 5.75 Å². The van der Waals surface area contributed by atoms with E-state index in [-0.39, 0.29) is 6.61 Å². The lowest BCUT2D eigenvalue weighted by Gasteiger charge is -1.99. The lowest BCUT2D eigenvalue weighted by molar-refractivity contribution is 0.322. The molecule has 0 spiro atoms. The molecular weight excluding hydrogens is 186 g/mol. The minimum atomic E-state index is 0.168. The molecule has 0 bridgehead atoms. The van der Waals surface area contributed by atoms with Crippen molar-refractivity contribution in [3.63, 3.8) is 0 Å². The third-order valence-electron chi connectivity index (χ3n) is 1.62. The second-order valence-corrected chi connectivity index (χ2v) is 3.55. The molecule has 0 saturated heterocycles. The van der Waals surface area contributed by atoms with Crippen molar-refractivity contribution in [3.05, 3.63) is 24.7 Å². The van der Waals surface area contributed by atoms with Crippen molar-refractivity contribution in [3.8, 4) is 0 Å². The zero-order valence-electron chi connectivity index (χ0n) is 6.92. The van der Waals surface area contributed by atoms with E-state index in [1.807, 2.05) is 6.07 Å². The molecule has 5 heteroatoms. The first-order chi connectivity index (χ1) is 6.42. The molecule has 2 aromatic heterocycles. The first kappa shape index (κ1) is 8.52. The van der Waals surface area contributed by atoms with Gasteiger partial charge in [0.25, 0.3) is 0 Å². The van der Waals surface area contributed by atoms with Gasteiger partial charge in [-0.25, -0.2) is 9.50 Å². The van der Waals surface area contributed by atoms with Crippen LogP contribution in [0.5, 0.6) is 0 Å². The SMILES string of the molecule is OCCSc1nccn2nccc12. The van der Waals surface area contributed by atoms with Crippen molar-refractivity contribution in [2.45, 2.75) is 5.03 Å². The molecule has 0 unspecified atom stereocenters. The highest BCUT2D eigenvalue weighted by Gasteiger charge is 2.02. The van der Waals surface area contributed by atoms with Crippen molar-refractivity contribution >= 4 is 17.3 Å². The van der Waals surface area contributed by atoms with Crippen LogP contribution in [0.2, 0.25) is 0 Å². The predicted molar refractivity (Wildman–Crippen MR) is 50.8 cm³/mol. The summed E-state index contributed by atoms with van der Waals surface area (Å²) in [5.41, 5.74) is 0.987. The standard InChI is InChI=1S/C8H9N3OS/c12-5-6-13-8-7-1-2-10-11(7)4-3-9-8/h1-4,12H,5-6H2. The van der Waals surface area contributed by atoms with E-state index in [4.69, 9.17) is 5.11 Å². The number of aliphatic hydroxyl groups is 1. The predicted octanol–water partition coefficient (Wildman–Crippen LogP) is 0.814. The topological polar surface area (TPSA) is 50.4 Å². The van der Waals surface area contributed by atoms with Gasteiger partial charge in [0.05, 0.1) is 18.3 Å². The average molecular weight is 195 g/mol. The number of rotatable bonds is 3. The fourth-order valence-corrected chi connectivity index (χ4v) is 1.82. The van der Waals surface area contributed by atoms with Crippen molar-refractivity contribution in [1.82, 2.24) is 14.6 Å². The summed E-state index contributed by atoms with van der Waals surface area (Å²) in [5.74, 6) is 0.665. The maximum atomic E-state index is 8.68. The summed E-state index contributed by atoms with van der Waals surface area (Å²) in [6.07, 6.45) is 5.25. The van der Waals surface area contributed by atoms with Gasteiger partial charge < -0.3 is 5.11 Å². The van der Waals surface area contributed by atoms with Crippen LogP contribution in [0, 0.1) is 0 Å². The van der Waals surface area contributed by atoms with E-state index in [0.717, 1.165) is 10.5 Å². The van der Waals surface area contributed by atoms with E-state index in [1.54, 1.807) is 23.1 Å². The van der Waals surface area contributed by atoms with Gasteiger partial charge in [0.2, 0.25) is 0 Å². The molecule has 0 fully saturated rings. The van der Waals surface area contributed by atoms with Gasteiger partial charge in [-0.15, -0.1) is 11.8 Å². The molecule has 68 valence electrons. The van der Waals surface area contributed by atoms with Crippen LogP contribution in [-0.2, 0) is 0 Å². The quantitative estimate of drug-likeness (QED) is 0.736. The molecule has 0 aliphatic heterocycles. The van der Waals surface area contributed by atoms with E-state index < -0.39 is 0 Å². The fourth-order valence-electron chi connectivity index (χ4n) is 1.09. The van der Waals surface area contributed by atoms with E-state index in [2.05, 4.69) is 10.1 Å². The van der Waals surface area contributed by atoms with Gasteiger partial charge in [0.1, 0.15) is 5.03 Å². The van der Waals surface area contributed by atoms with Crippen LogP contribution in [0.1, 0.15) is 0 Å². The molecule has 0 aliphatic rings. The number of fused-ring (bicyclic) bond motifs is 1. The Hall–Kier alpha value is -1.07. The Labute approximate surface area is 79.6 Å². The van der Waals surface area contributed by atoms with E-state index in [9.17, 15) is 0 Å².